The Morgan fingerprint density at radius 3 is 1.93 bits per heavy atom. The Morgan fingerprint density at radius 2 is 1.39 bits per heavy atom. The summed E-state index contributed by atoms with van der Waals surface area (Å²) < 4.78 is 13.0. The number of rotatable bonds is 2. The number of piperazine rings is 1. The lowest BCUT2D eigenvalue weighted by Gasteiger charge is -2.39. The van der Waals surface area contributed by atoms with Gasteiger partial charge in [0.2, 0.25) is 5.91 Å². The van der Waals surface area contributed by atoms with Gasteiger partial charge in [-0.15, -0.1) is 0 Å². The average molecular weight is 390 g/mol. The molecule has 2 fully saturated rings. The lowest BCUT2D eigenvalue weighted by Crippen LogP contribution is -2.53. The predicted molar refractivity (Wildman–Crippen MR) is 102 cm³/mol. The van der Waals surface area contributed by atoms with E-state index in [1.54, 1.807) is 28.8 Å². The van der Waals surface area contributed by atoms with Crippen LogP contribution in [0.25, 0.3) is 0 Å². The molecule has 0 atom stereocenters. The number of hydrogen-bond acceptors (Lipinski definition) is 3. The van der Waals surface area contributed by atoms with Gasteiger partial charge in [-0.25, -0.2) is 9.18 Å². The van der Waals surface area contributed by atoms with Gasteiger partial charge in [0, 0.05) is 64.8 Å². The number of amides is 4. The Balaban J connectivity index is 1.48. The molecule has 0 spiro atoms. The molecular weight excluding hydrogens is 363 g/mol. The summed E-state index contributed by atoms with van der Waals surface area (Å²) in [5, 5.41) is 0. The molecule has 0 saturated carbocycles. The van der Waals surface area contributed by atoms with Crippen LogP contribution in [0.15, 0.2) is 24.3 Å². The van der Waals surface area contributed by atoms with Crippen LogP contribution in [0.2, 0.25) is 0 Å². The highest BCUT2D eigenvalue weighted by Crippen LogP contribution is 2.21. The topological polar surface area (TPSA) is 64.2 Å². The van der Waals surface area contributed by atoms with Crippen LogP contribution >= 0.6 is 0 Å². The van der Waals surface area contributed by atoms with Gasteiger partial charge in [0.15, 0.2) is 0 Å². The zero-order chi connectivity index (χ0) is 20.3. The molecule has 0 unspecified atom stereocenters. The van der Waals surface area contributed by atoms with E-state index >= 15 is 0 Å². The van der Waals surface area contributed by atoms with Crippen molar-refractivity contribution >= 4 is 17.8 Å². The zero-order valence-electron chi connectivity index (χ0n) is 16.4. The first-order chi connectivity index (χ1) is 13.4. The van der Waals surface area contributed by atoms with Gasteiger partial charge < -0.3 is 19.6 Å². The second-order valence-corrected chi connectivity index (χ2v) is 7.56. The standard InChI is InChI=1S/C20H27FN4O3/c1-22(2)20(28)25-9-7-16(8-10-25)19(27)24-13-11-23(12-14-24)18(26)15-3-5-17(21)6-4-15/h3-6,16H,7-14H2,1-2H3. The van der Waals surface area contributed by atoms with Gasteiger partial charge >= 0.3 is 6.03 Å². The molecule has 2 aliphatic rings. The van der Waals surface area contributed by atoms with E-state index < -0.39 is 0 Å². The number of hydrogen-bond donors (Lipinski definition) is 0. The molecule has 1 aromatic carbocycles. The molecule has 2 aliphatic heterocycles. The molecule has 0 aliphatic carbocycles. The molecule has 8 heteroatoms. The van der Waals surface area contributed by atoms with Crippen molar-refractivity contribution in [2.75, 3.05) is 53.4 Å². The van der Waals surface area contributed by atoms with Crippen molar-refractivity contribution in [3.05, 3.63) is 35.6 Å². The molecule has 28 heavy (non-hydrogen) atoms. The largest absolute Gasteiger partial charge is 0.339 e. The first-order valence-corrected chi connectivity index (χ1v) is 9.66. The van der Waals surface area contributed by atoms with E-state index in [2.05, 4.69) is 0 Å². The van der Waals surface area contributed by atoms with E-state index in [1.165, 1.54) is 24.3 Å². The van der Waals surface area contributed by atoms with E-state index in [1.807, 2.05) is 4.90 Å². The maximum absolute atomic E-state index is 13.0. The fraction of sp³-hybridized carbons (Fsp3) is 0.550. The van der Waals surface area contributed by atoms with Gasteiger partial charge in [-0.3, -0.25) is 9.59 Å². The maximum atomic E-state index is 13.0. The van der Waals surface area contributed by atoms with Gasteiger partial charge in [0.05, 0.1) is 0 Å². The fourth-order valence-corrected chi connectivity index (χ4v) is 3.76. The summed E-state index contributed by atoms with van der Waals surface area (Å²) in [5.74, 6) is -0.454. The first-order valence-electron chi connectivity index (χ1n) is 9.66. The summed E-state index contributed by atoms with van der Waals surface area (Å²) in [7, 11) is 3.46. The molecule has 2 heterocycles. The number of carbonyl (C=O) groups excluding carboxylic acids is 3. The van der Waals surface area contributed by atoms with Crippen molar-refractivity contribution in [3.63, 3.8) is 0 Å². The molecule has 1 aromatic rings. The van der Waals surface area contributed by atoms with Crippen molar-refractivity contribution in [1.29, 1.82) is 0 Å². The van der Waals surface area contributed by atoms with E-state index in [0.29, 0.717) is 57.7 Å². The molecule has 0 radical (unpaired) electrons. The summed E-state index contributed by atoms with van der Waals surface area (Å²) in [6, 6.07) is 5.51. The third-order valence-corrected chi connectivity index (χ3v) is 5.47. The molecule has 4 amide bonds. The van der Waals surface area contributed by atoms with Crippen LogP contribution in [0.3, 0.4) is 0 Å². The van der Waals surface area contributed by atoms with Crippen molar-refractivity contribution < 1.29 is 18.8 Å². The lowest BCUT2D eigenvalue weighted by molar-refractivity contribution is -0.138. The van der Waals surface area contributed by atoms with Gasteiger partial charge in [-0.05, 0) is 37.1 Å². The van der Waals surface area contributed by atoms with Gasteiger partial charge in [-0.2, -0.15) is 0 Å². The fourth-order valence-electron chi connectivity index (χ4n) is 3.76. The van der Waals surface area contributed by atoms with Crippen LogP contribution < -0.4 is 0 Å². The third kappa shape index (κ3) is 4.43. The number of carbonyl (C=O) groups is 3. The Kier molecular flexibility index (Phi) is 6.16. The summed E-state index contributed by atoms with van der Waals surface area (Å²) in [5.41, 5.74) is 0.458. The molecule has 7 nitrogen and oxygen atoms in total. The highest BCUT2D eigenvalue weighted by molar-refractivity contribution is 5.94. The number of benzene rings is 1. The minimum atomic E-state index is -0.370. The van der Waals surface area contributed by atoms with Crippen LogP contribution in [-0.2, 0) is 4.79 Å². The highest BCUT2D eigenvalue weighted by atomic mass is 19.1. The Bertz CT molecular complexity index is 721. The van der Waals surface area contributed by atoms with Crippen LogP contribution in [0.5, 0.6) is 0 Å². The van der Waals surface area contributed by atoms with Gasteiger partial charge in [0.1, 0.15) is 5.82 Å². The molecule has 2 saturated heterocycles. The lowest BCUT2D eigenvalue weighted by atomic mass is 9.95. The Morgan fingerprint density at radius 1 is 0.857 bits per heavy atom. The minimum absolute atomic E-state index is 0.0150. The van der Waals surface area contributed by atoms with Crippen molar-refractivity contribution in [3.8, 4) is 0 Å². The molecule has 3 rings (SSSR count). The van der Waals surface area contributed by atoms with Crippen molar-refractivity contribution in [2.24, 2.45) is 5.92 Å². The minimum Gasteiger partial charge on any atom is -0.339 e. The molecular formula is C20H27FN4O3. The first kappa shape index (κ1) is 20.1. The summed E-state index contributed by atoms with van der Waals surface area (Å²) in [4.78, 5) is 44.2. The smallest absolute Gasteiger partial charge is 0.319 e. The molecule has 0 N–H and O–H groups in total. The molecule has 152 valence electrons. The Hall–Kier alpha value is -2.64. The predicted octanol–water partition coefficient (Wildman–Crippen LogP) is 1.50. The molecule has 0 bridgehead atoms. The summed E-state index contributed by atoms with van der Waals surface area (Å²) in [6.45, 7) is 3.14. The van der Waals surface area contributed by atoms with Crippen LogP contribution in [0, 0.1) is 11.7 Å². The molecule has 0 aromatic heterocycles. The maximum Gasteiger partial charge on any atom is 0.319 e. The quantitative estimate of drug-likeness (QED) is 0.769. The number of halogens is 1. The average Bonchev–Trinajstić information content (AvgIpc) is 2.73. The summed E-state index contributed by atoms with van der Waals surface area (Å²) in [6.07, 6.45) is 1.35. The second-order valence-electron chi connectivity index (χ2n) is 7.56. The van der Waals surface area contributed by atoms with Gasteiger partial charge in [-0.1, -0.05) is 0 Å². The van der Waals surface area contributed by atoms with E-state index in [-0.39, 0.29) is 29.6 Å². The number of likely N-dealkylation sites (tertiary alicyclic amines) is 1. The number of piperidine rings is 1. The zero-order valence-corrected chi connectivity index (χ0v) is 16.4. The normalized spacial score (nSPS) is 18.2. The van der Waals surface area contributed by atoms with E-state index in [9.17, 15) is 18.8 Å². The third-order valence-electron chi connectivity index (χ3n) is 5.47. The van der Waals surface area contributed by atoms with Crippen LogP contribution in [-0.4, -0.2) is 90.8 Å². The van der Waals surface area contributed by atoms with Crippen LogP contribution in [0.1, 0.15) is 23.2 Å². The van der Waals surface area contributed by atoms with Crippen LogP contribution in [0.4, 0.5) is 9.18 Å². The number of nitrogens with zero attached hydrogens (tertiary/aromatic N) is 4. The Labute approximate surface area is 164 Å². The highest BCUT2D eigenvalue weighted by Gasteiger charge is 2.32. The van der Waals surface area contributed by atoms with Crippen molar-refractivity contribution in [2.45, 2.75) is 12.8 Å². The SMILES string of the molecule is CN(C)C(=O)N1CCC(C(=O)N2CCN(C(=O)c3ccc(F)cc3)CC2)CC1. The number of urea groups is 1. The van der Waals surface area contributed by atoms with Gasteiger partial charge in [0.25, 0.3) is 5.91 Å². The van der Waals surface area contributed by atoms with E-state index in [4.69, 9.17) is 0 Å². The second kappa shape index (κ2) is 8.58. The monoisotopic (exact) mass is 390 g/mol. The van der Waals surface area contributed by atoms with E-state index in [0.717, 1.165) is 0 Å². The van der Waals surface area contributed by atoms with Crippen molar-refractivity contribution in [1.82, 2.24) is 19.6 Å². The summed E-state index contributed by atoms with van der Waals surface area (Å²) >= 11 is 0.